The van der Waals surface area contributed by atoms with Crippen LogP contribution in [0.1, 0.15) is 62.0 Å². The summed E-state index contributed by atoms with van der Waals surface area (Å²) in [5.41, 5.74) is -1.25. The highest BCUT2D eigenvalue weighted by molar-refractivity contribution is 7.15. The molecule has 0 unspecified atom stereocenters. The zero-order chi connectivity index (χ0) is 20.0. The Morgan fingerprint density at radius 2 is 1.70 bits per heavy atom. The molecule has 0 aliphatic carbocycles. The predicted molar refractivity (Wildman–Crippen MR) is 105 cm³/mol. The van der Waals surface area contributed by atoms with E-state index in [0.29, 0.717) is 41.3 Å². The maximum Gasteiger partial charge on any atom is 0.525 e. The third-order valence-corrected chi connectivity index (χ3v) is 6.95. The van der Waals surface area contributed by atoms with Gasteiger partial charge in [-0.25, -0.2) is 4.39 Å². The molecule has 3 heterocycles. The summed E-state index contributed by atoms with van der Waals surface area (Å²) in [6, 6.07) is 3.49. The lowest BCUT2D eigenvalue weighted by Crippen LogP contribution is -2.41. The van der Waals surface area contributed by atoms with E-state index in [-0.39, 0.29) is 12.0 Å². The summed E-state index contributed by atoms with van der Waals surface area (Å²) in [6.07, 6.45) is 0.867. The molecule has 0 radical (unpaired) electrons. The average Bonchev–Trinajstić information content (AvgIpc) is 3.16. The molecule has 0 bridgehead atoms. The molecule has 1 N–H and O–H groups in total. The van der Waals surface area contributed by atoms with Gasteiger partial charge in [-0.1, -0.05) is 0 Å². The number of carbonyl (C=O) groups excluding carboxylic acids is 1. The Morgan fingerprint density at radius 3 is 2.26 bits per heavy atom. The Morgan fingerprint density at radius 1 is 1.19 bits per heavy atom. The van der Waals surface area contributed by atoms with Gasteiger partial charge in [-0.05, 0) is 65.2 Å². The summed E-state index contributed by atoms with van der Waals surface area (Å²) in [7, 11) is -1.04. The molecule has 2 aliphatic rings. The second-order valence-electron chi connectivity index (χ2n) is 8.25. The standard InChI is InChI=1S/C19H27BFNO4S/c1-12(16(21)20-25-18(2,3)19(4,5)26-20)14-6-7-15(27-14)17(24)22-10-8-13(23)9-11-22/h6-7,13,23H,8-11H2,1-5H3. The summed E-state index contributed by atoms with van der Waals surface area (Å²) in [6.45, 7) is 10.3. The van der Waals surface area contributed by atoms with Gasteiger partial charge in [0.25, 0.3) is 5.91 Å². The maximum absolute atomic E-state index is 15.0. The Hall–Kier alpha value is -1.22. The SMILES string of the molecule is CC(=C(F)B1OC(C)(C)C(C)(C)O1)c1ccc(C(=O)N2CCC(O)CC2)s1. The fourth-order valence-corrected chi connectivity index (χ4v) is 4.10. The van der Waals surface area contributed by atoms with Crippen molar-refractivity contribution in [1.82, 2.24) is 4.90 Å². The molecule has 0 aromatic carbocycles. The predicted octanol–water partition coefficient (Wildman–Crippen LogP) is 3.68. The first-order chi connectivity index (χ1) is 12.5. The molecule has 5 nitrogen and oxygen atoms in total. The quantitative estimate of drug-likeness (QED) is 0.794. The number of hydrogen-bond donors (Lipinski definition) is 1. The lowest BCUT2D eigenvalue weighted by molar-refractivity contribution is 0.00578. The van der Waals surface area contributed by atoms with Crippen LogP contribution in [0.5, 0.6) is 0 Å². The van der Waals surface area contributed by atoms with Gasteiger partial charge in [0, 0.05) is 18.0 Å². The van der Waals surface area contributed by atoms with E-state index in [0.717, 1.165) is 0 Å². The van der Waals surface area contributed by atoms with Crippen molar-refractivity contribution < 1.29 is 23.6 Å². The molecule has 2 fully saturated rings. The first kappa shape index (κ1) is 20.5. The number of likely N-dealkylation sites (tertiary alicyclic amines) is 1. The van der Waals surface area contributed by atoms with Gasteiger partial charge >= 0.3 is 7.12 Å². The molecular formula is C19H27BFNO4S. The number of nitrogens with zero attached hydrogens (tertiary/aromatic N) is 1. The van der Waals surface area contributed by atoms with Crippen molar-refractivity contribution in [2.75, 3.05) is 13.1 Å². The van der Waals surface area contributed by atoms with Crippen LogP contribution in [0.3, 0.4) is 0 Å². The number of thiophene rings is 1. The Labute approximate surface area is 164 Å². The number of amides is 1. The van der Waals surface area contributed by atoms with Crippen LogP contribution in [0.2, 0.25) is 0 Å². The first-order valence-corrected chi connectivity index (χ1v) is 10.1. The minimum Gasteiger partial charge on any atom is -0.398 e. The fourth-order valence-electron chi connectivity index (χ4n) is 3.12. The van der Waals surface area contributed by atoms with Crippen LogP contribution >= 0.6 is 11.3 Å². The van der Waals surface area contributed by atoms with Gasteiger partial charge in [-0.2, -0.15) is 0 Å². The van der Waals surface area contributed by atoms with Crippen molar-refractivity contribution in [3.8, 4) is 0 Å². The number of halogens is 1. The average molecular weight is 395 g/mol. The third kappa shape index (κ3) is 3.99. The van der Waals surface area contributed by atoms with Crippen LogP contribution in [0.25, 0.3) is 5.57 Å². The van der Waals surface area contributed by atoms with Crippen LogP contribution in [-0.4, -0.2) is 53.4 Å². The smallest absolute Gasteiger partial charge is 0.398 e. The van der Waals surface area contributed by atoms with Gasteiger partial charge in [0.15, 0.2) is 0 Å². The maximum atomic E-state index is 15.0. The highest BCUT2D eigenvalue weighted by atomic mass is 32.1. The van der Waals surface area contributed by atoms with Gasteiger partial charge in [0.05, 0.1) is 22.2 Å². The summed E-state index contributed by atoms with van der Waals surface area (Å²) >= 11 is 1.27. The van der Waals surface area contributed by atoms with Crippen LogP contribution in [0.4, 0.5) is 4.39 Å². The van der Waals surface area contributed by atoms with E-state index in [9.17, 15) is 14.3 Å². The number of aliphatic hydroxyl groups excluding tert-OH is 1. The molecule has 27 heavy (non-hydrogen) atoms. The summed E-state index contributed by atoms with van der Waals surface area (Å²) < 4.78 is 26.6. The zero-order valence-electron chi connectivity index (χ0n) is 16.5. The number of allylic oxidation sites excluding steroid dienone is 1. The lowest BCUT2D eigenvalue weighted by atomic mass is 9.84. The monoisotopic (exact) mass is 395 g/mol. The molecule has 2 saturated heterocycles. The number of rotatable bonds is 3. The van der Waals surface area contributed by atoms with E-state index in [1.54, 1.807) is 24.0 Å². The molecule has 3 rings (SSSR count). The molecule has 1 aromatic heterocycles. The number of piperidine rings is 1. The van der Waals surface area contributed by atoms with Crippen LogP contribution in [0, 0.1) is 0 Å². The van der Waals surface area contributed by atoms with Gasteiger partial charge in [-0.15, -0.1) is 11.3 Å². The van der Waals surface area contributed by atoms with Gasteiger partial charge in [0.1, 0.15) is 5.73 Å². The number of hydrogen-bond acceptors (Lipinski definition) is 5. The van der Waals surface area contributed by atoms with Crippen molar-refractivity contribution >= 4 is 29.9 Å². The van der Waals surface area contributed by atoms with E-state index in [4.69, 9.17) is 9.31 Å². The first-order valence-electron chi connectivity index (χ1n) is 9.31. The minimum absolute atomic E-state index is 0.0676. The Balaban J connectivity index is 1.75. The van der Waals surface area contributed by atoms with Crippen molar-refractivity contribution in [3.05, 3.63) is 27.6 Å². The van der Waals surface area contributed by atoms with Crippen molar-refractivity contribution in [3.63, 3.8) is 0 Å². The van der Waals surface area contributed by atoms with Gasteiger partial charge in [-0.3, -0.25) is 4.79 Å². The Kier molecular flexibility index (Phi) is 5.56. The van der Waals surface area contributed by atoms with Crippen molar-refractivity contribution in [1.29, 1.82) is 0 Å². The summed E-state index contributed by atoms with van der Waals surface area (Å²) in [4.78, 5) is 15.6. The van der Waals surface area contributed by atoms with E-state index in [1.165, 1.54) is 11.3 Å². The molecule has 0 spiro atoms. The van der Waals surface area contributed by atoms with E-state index in [1.807, 2.05) is 27.7 Å². The minimum atomic E-state index is -1.04. The lowest BCUT2D eigenvalue weighted by Gasteiger charge is -2.32. The molecule has 2 aliphatic heterocycles. The largest absolute Gasteiger partial charge is 0.525 e. The second kappa shape index (κ2) is 7.31. The number of carbonyl (C=O) groups is 1. The normalized spacial score (nSPS) is 23.5. The topological polar surface area (TPSA) is 59.0 Å². The van der Waals surface area contributed by atoms with Crippen molar-refractivity contribution in [2.45, 2.75) is 64.8 Å². The van der Waals surface area contributed by atoms with E-state index < -0.39 is 24.0 Å². The second-order valence-corrected chi connectivity index (χ2v) is 9.33. The number of aliphatic hydroxyl groups is 1. The van der Waals surface area contributed by atoms with Crippen LogP contribution in [0.15, 0.2) is 17.9 Å². The van der Waals surface area contributed by atoms with E-state index in [2.05, 4.69) is 0 Å². The molecule has 1 amide bonds. The Bertz CT molecular complexity index is 737. The van der Waals surface area contributed by atoms with Gasteiger partial charge < -0.3 is 19.3 Å². The molecule has 0 saturated carbocycles. The summed E-state index contributed by atoms with van der Waals surface area (Å²) in [5.74, 6) is -0.0676. The van der Waals surface area contributed by atoms with Gasteiger partial charge in [0.2, 0.25) is 0 Å². The molecule has 0 atom stereocenters. The summed E-state index contributed by atoms with van der Waals surface area (Å²) in [5, 5.41) is 9.59. The van der Waals surface area contributed by atoms with Crippen LogP contribution in [-0.2, 0) is 9.31 Å². The molecular weight excluding hydrogens is 368 g/mol. The zero-order valence-corrected chi connectivity index (χ0v) is 17.4. The van der Waals surface area contributed by atoms with Crippen molar-refractivity contribution in [2.24, 2.45) is 0 Å². The molecule has 1 aromatic rings. The van der Waals surface area contributed by atoms with E-state index >= 15 is 0 Å². The highest BCUT2D eigenvalue weighted by Crippen LogP contribution is 2.40. The molecule has 8 heteroatoms. The van der Waals surface area contributed by atoms with Crippen LogP contribution < -0.4 is 0 Å². The third-order valence-electron chi connectivity index (χ3n) is 5.76. The fraction of sp³-hybridized carbons (Fsp3) is 0.632. The molecule has 148 valence electrons. The highest BCUT2D eigenvalue weighted by Gasteiger charge is 2.53.